The van der Waals surface area contributed by atoms with E-state index >= 15 is 0 Å². The summed E-state index contributed by atoms with van der Waals surface area (Å²) < 4.78 is 66.6. The molecule has 0 spiro atoms. The predicted octanol–water partition coefficient (Wildman–Crippen LogP) is 2.76. The highest BCUT2D eigenvalue weighted by molar-refractivity contribution is 7.89. The number of aromatic nitrogens is 2. The van der Waals surface area contributed by atoms with Crippen LogP contribution in [0.2, 0.25) is 0 Å². The van der Waals surface area contributed by atoms with Gasteiger partial charge in [-0.2, -0.15) is 13.2 Å². The van der Waals surface area contributed by atoms with Crippen molar-refractivity contribution in [3.05, 3.63) is 48.0 Å². The maximum atomic E-state index is 12.7. The van der Waals surface area contributed by atoms with E-state index in [-0.39, 0.29) is 6.54 Å². The predicted molar refractivity (Wildman–Crippen MR) is 80.8 cm³/mol. The van der Waals surface area contributed by atoms with Crippen molar-refractivity contribution in [1.82, 2.24) is 14.3 Å². The van der Waals surface area contributed by atoms with Gasteiger partial charge in [0.2, 0.25) is 10.0 Å². The molecule has 0 saturated heterocycles. The number of benzene rings is 1. The van der Waals surface area contributed by atoms with Crippen LogP contribution in [0.3, 0.4) is 0 Å². The normalized spacial score (nSPS) is 15.6. The molecule has 1 saturated carbocycles. The van der Waals surface area contributed by atoms with Gasteiger partial charge in [0, 0.05) is 31.4 Å². The van der Waals surface area contributed by atoms with Gasteiger partial charge < -0.3 is 4.57 Å². The van der Waals surface area contributed by atoms with E-state index in [0.29, 0.717) is 18.5 Å². The van der Waals surface area contributed by atoms with E-state index in [1.807, 2.05) is 4.57 Å². The van der Waals surface area contributed by atoms with Gasteiger partial charge in [0.05, 0.1) is 10.5 Å². The second-order valence-electron chi connectivity index (χ2n) is 5.68. The summed E-state index contributed by atoms with van der Waals surface area (Å²) in [5.41, 5.74) is -0.990. The Hall–Kier alpha value is -1.87. The first-order valence-corrected chi connectivity index (χ1v) is 8.93. The van der Waals surface area contributed by atoms with E-state index in [1.165, 1.54) is 0 Å². The average molecular weight is 359 g/mol. The van der Waals surface area contributed by atoms with Crippen LogP contribution in [0.4, 0.5) is 13.2 Å². The Morgan fingerprint density at radius 1 is 1.29 bits per heavy atom. The number of nitrogens with zero attached hydrogens (tertiary/aromatic N) is 2. The summed E-state index contributed by atoms with van der Waals surface area (Å²) in [6.07, 6.45) is 1.00. The minimum atomic E-state index is -4.58. The van der Waals surface area contributed by atoms with Crippen LogP contribution in [0.25, 0.3) is 0 Å². The average Bonchev–Trinajstić information content (AvgIpc) is 3.26. The summed E-state index contributed by atoms with van der Waals surface area (Å²) in [6, 6.07) is 3.70. The lowest BCUT2D eigenvalue weighted by atomic mass is 10.2. The summed E-state index contributed by atoms with van der Waals surface area (Å²) in [5, 5.41) is 0. The molecule has 0 amide bonds. The fourth-order valence-corrected chi connectivity index (χ4v) is 3.50. The van der Waals surface area contributed by atoms with Crippen molar-refractivity contribution in [3.8, 4) is 0 Å². The van der Waals surface area contributed by atoms with Gasteiger partial charge in [0.25, 0.3) is 0 Å². The van der Waals surface area contributed by atoms with Gasteiger partial charge in [-0.05, 0) is 31.0 Å². The lowest BCUT2D eigenvalue weighted by Gasteiger charge is -2.11. The highest BCUT2D eigenvalue weighted by atomic mass is 32.2. The van der Waals surface area contributed by atoms with Crippen LogP contribution >= 0.6 is 0 Å². The molecule has 1 aliphatic carbocycles. The zero-order chi connectivity index (χ0) is 17.4. The molecule has 5 nitrogen and oxygen atoms in total. The molecular weight excluding hydrogens is 343 g/mol. The second-order valence-corrected chi connectivity index (χ2v) is 7.44. The molecule has 1 aromatic carbocycles. The standard InChI is InChI=1S/C15H16F3N3O2S/c16-15(17,18)12-2-1-3-13(10-12)24(22,23)20-7-9-21-8-6-19-14(21)11-4-5-11/h1-3,6,8,10-11,20H,4-5,7,9H2. The molecule has 0 bridgehead atoms. The summed E-state index contributed by atoms with van der Waals surface area (Å²) >= 11 is 0. The molecule has 130 valence electrons. The molecule has 9 heteroatoms. The lowest BCUT2D eigenvalue weighted by Crippen LogP contribution is -2.28. The van der Waals surface area contributed by atoms with Crippen LogP contribution in [-0.2, 0) is 22.7 Å². The third kappa shape index (κ3) is 3.78. The quantitative estimate of drug-likeness (QED) is 0.863. The lowest BCUT2D eigenvalue weighted by molar-refractivity contribution is -0.137. The molecule has 1 aliphatic rings. The first kappa shape index (κ1) is 17.0. The van der Waals surface area contributed by atoms with Gasteiger partial charge in [-0.15, -0.1) is 0 Å². The fraction of sp³-hybridized carbons (Fsp3) is 0.400. The molecule has 2 aromatic rings. The van der Waals surface area contributed by atoms with Crippen molar-refractivity contribution < 1.29 is 21.6 Å². The molecule has 1 heterocycles. The first-order valence-electron chi connectivity index (χ1n) is 7.45. The van der Waals surface area contributed by atoms with E-state index in [4.69, 9.17) is 0 Å². The minimum Gasteiger partial charge on any atom is -0.333 e. The van der Waals surface area contributed by atoms with Crippen molar-refractivity contribution in [3.63, 3.8) is 0 Å². The highest BCUT2D eigenvalue weighted by Crippen LogP contribution is 2.38. The number of halogens is 3. The molecule has 0 radical (unpaired) electrons. The third-order valence-corrected chi connectivity index (χ3v) is 5.27. The largest absolute Gasteiger partial charge is 0.416 e. The van der Waals surface area contributed by atoms with E-state index in [9.17, 15) is 21.6 Å². The van der Waals surface area contributed by atoms with Gasteiger partial charge in [0.15, 0.2) is 0 Å². The number of hydrogen-bond acceptors (Lipinski definition) is 3. The second kappa shape index (κ2) is 6.21. The Morgan fingerprint density at radius 2 is 2.04 bits per heavy atom. The highest BCUT2D eigenvalue weighted by Gasteiger charge is 2.31. The Morgan fingerprint density at radius 3 is 2.71 bits per heavy atom. The van der Waals surface area contributed by atoms with Gasteiger partial charge >= 0.3 is 6.18 Å². The van der Waals surface area contributed by atoms with Crippen LogP contribution in [0, 0.1) is 0 Å². The molecule has 0 aliphatic heterocycles. The zero-order valence-electron chi connectivity index (χ0n) is 12.6. The Balaban J connectivity index is 1.67. The molecular formula is C15H16F3N3O2S. The van der Waals surface area contributed by atoms with Crippen LogP contribution in [-0.4, -0.2) is 24.5 Å². The molecule has 1 N–H and O–H groups in total. The Labute approximate surface area is 137 Å². The Bertz CT molecular complexity index is 826. The number of sulfonamides is 1. The summed E-state index contributed by atoms with van der Waals surface area (Å²) in [6.45, 7) is 0.457. The first-order chi connectivity index (χ1) is 11.3. The number of rotatable bonds is 6. The van der Waals surface area contributed by atoms with Gasteiger partial charge in [-0.25, -0.2) is 18.1 Å². The Kier molecular flexibility index (Phi) is 4.39. The van der Waals surface area contributed by atoms with Gasteiger partial charge in [-0.3, -0.25) is 0 Å². The van der Waals surface area contributed by atoms with Gasteiger partial charge in [0.1, 0.15) is 5.82 Å². The van der Waals surface area contributed by atoms with Crippen molar-refractivity contribution in [1.29, 1.82) is 0 Å². The number of hydrogen-bond donors (Lipinski definition) is 1. The van der Waals surface area contributed by atoms with Crippen LogP contribution in [0.5, 0.6) is 0 Å². The SMILES string of the molecule is O=S(=O)(NCCn1ccnc1C1CC1)c1cccc(C(F)(F)F)c1. The van der Waals surface area contributed by atoms with E-state index < -0.39 is 26.7 Å². The van der Waals surface area contributed by atoms with Crippen LogP contribution in [0.15, 0.2) is 41.6 Å². The molecule has 0 unspecified atom stereocenters. The minimum absolute atomic E-state index is 0.0780. The number of nitrogens with one attached hydrogen (secondary N) is 1. The topological polar surface area (TPSA) is 64.0 Å². The molecule has 1 aromatic heterocycles. The molecule has 24 heavy (non-hydrogen) atoms. The summed E-state index contributed by atoms with van der Waals surface area (Å²) in [5.74, 6) is 1.35. The van der Waals surface area contributed by atoms with Crippen molar-refractivity contribution in [2.75, 3.05) is 6.54 Å². The third-order valence-electron chi connectivity index (χ3n) is 3.81. The number of imidazole rings is 1. The van der Waals surface area contributed by atoms with E-state index in [0.717, 1.165) is 36.9 Å². The fourth-order valence-electron chi connectivity index (χ4n) is 2.43. The summed E-state index contributed by atoms with van der Waals surface area (Å²) in [4.78, 5) is 3.85. The van der Waals surface area contributed by atoms with Gasteiger partial charge in [-0.1, -0.05) is 6.07 Å². The molecule has 0 atom stereocenters. The van der Waals surface area contributed by atoms with E-state index in [1.54, 1.807) is 12.4 Å². The maximum absolute atomic E-state index is 12.7. The van der Waals surface area contributed by atoms with Crippen molar-refractivity contribution in [2.45, 2.75) is 36.4 Å². The number of alkyl halides is 3. The van der Waals surface area contributed by atoms with Crippen LogP contribution < -0.4 is 4.72 Å². The monoisotopic (exact) mass is 359 g/mol. The van der Waals surface area contributed by atoms with Crippen molar-refractivity contribution >= 4 is 10.0 Å². The van der Waals surface area contributed by atoms with Crippen LogP contribution in [0.1, 0.15) is 30.1 Å². The molecule has 1 fully saturated rings. The summed E-state index contributed by atoms with van der Waals surface area (Å²) in [7, 11) is -4.00. The smallest absolute Gasteiger partial charge is 0.333 e. The maximum Gasteiger partial charge on any atom is 0.416 e. The molecule has 3 rings (SSSR count). The van der Waals surface area contributed by atoms with Crippen molar-refractivity contribution in [2.24, 2.45) is 0 Å². The zero-order valence-corrected chi connectivity index (χ0v) is 13.4. The van der Waals surface area contributed by atoms with E-state index in [2.05, 4.69) is 9.71 Å².